The van der Waals surface area contributed by atoms with Gasteiger partial charge in [0.2, 0.25) is 5.91 Å². The van der Waals surface area contributed by atoms with Gasteiger partial charge in [-0.1, -0.05) is 61.9 Å². The topological polar surface area (TPSA) is 105 Å². The van der Waals surface area contributed by atoms with Gasteiger partial charge in [-0.3, -0.25) is 4.79 Å². The highest BCUT2D eigenvalue weighted by molar-refractivity contribution is 5.86. The Bertz CT molecular complexity index is 1050. The number of alkyl carbamates (subject to hydrolysis) is 1. The molecule has 3 N–H and O–H groups in total. The summed E-state index contributed by atoms with van der Waals surface area (Å²) < 4.78 is 5.64. The number of carboxylic acids is 1. The molecule has 0 aromatic heterocycles. The summed E-state index contributed by atoms with van der Waals surface area (Å²) in [6, 6.07) is 16.4. The van der Waals surface area contributed by atoms with E-state index in [0.717, 1.165) is 12.8 Å². The number of nitrogens with one attached hydrogen (secondary N) is 2. The molecule has 4 rings (SSSR count). The Morgan fingerprint density at radius 1 is 1.03 bits per heavy atom. The van der Waals surface area contributed by atoms with E-state index in [0.29, 0.717) is 19.3 Å². The van der Waals surface area contributed by atoms with Gasteiger partial charge in [0.1, 0.15) is 12.1 Å². The molecule has 2 aliphatic rings. The van der Waals surface area contributed by atoms with Gasteiger partial charge in [-0.25, -0.2) is 9.59 Å². The molecule has 1 saturated carbocycles. The summed E-state index contributed by atoms with van der Waals surface area (Å²) in [6.07, 6.45) is 3.11. The van der Waals surface area contributed by atoms with Crippen molar-refractivity contribution >= 4 is 18.0 Å². The average molecular weight is 479 g/mol. The molecule has 0 radical (unpaired) electrons. The van der Waals surface area contributed by atoms with Gasteiger partial charge in [0, 0.05) is 18.4 Å². The van der Waals surface area contributed by atoms with E-state index >= 15 is 0 Å². The molecule has 0 saturated heterocycles. The predicted molar refractivity (Wildman–Crippen MR) is 133 cm³/mol. The maximum absolute atomic E-state index is 12.6. The number of carbonyl (C=O) groups is 3. The number of benzene rings is 2. The van der Waals surface area contributed by atoms with E-state index in [2.05, 4.69) is 34.9 Å². The van der Waals surface area contributed by atoms with E-state index in [1.165, 1.54) is 22.3 Å². The molecule has 3 atom stereocenters. The minimum absolute atomic E-state index is 0.0137. The van der Waals surface area contributed by atoms with Crippen LogP contribution < -0.4 is 10.6 Å². The zero-order chi connectivity index (χ0) is 25.0. The number of aliphatic carboxylic acids is 1. The Labute approximate surface area is 206 Å². The van der Waals surface area contributed by atoms with Crippen LogP contribution in [0.25, 0.3) is 11.1 Å². The third-order valence-corrected chi connectivity index (χ3v) is 7.32. The fraction of sp³-hybridized carbons (Fsp3) is 0.464. The Morgan fingerprint density at radius 3 is 2.26 bits per heavy atom. The van der Waals surface area contributed by atoms with Crippen molar-refractivity contribution in [2.75, 3.05) is 6.61 Å². The second-order valence-corrected chi connectivity index (χ2v) is 9.99. The lowest BCUT2D eigenvalue weighted by Crippen LogP contribution is -2.52. The number of carboxylic acid groups (broad SMARTS) is 1. The highest BCUT2D eigenvalue weighted by Crippen LogP contribution is 2.44. The monoisotopic (exact) mass is 478 g/mol. The quantitative estimate of drug-likeness (QED) is 0.478. The molecule has 186 valence electrons. The van der Waals surface area contributed by atoms with E-state index in [4.69, 9.17) is 4.74 Å². The first-order chi connectivity index (χ1) is 16.8. The van der Waals surface area contributed by atoms with Crippen molar-refractivity contribution in [2.24, 2.45) is 5.92 Å². The Balaban J connectivity index is 1.26. The summed E-state index contributed by atoms with van der Waals surface area (Å²) in [5, 5.41) is 15.1. The number of rotatable bonds is 9. The van der Waals surface area contributed by atoms with Crippen LogP contribution >= 0.6 is 0 Å². The maximum Gasteiger partial charge on any atom is 0.407 e. The molecule has 35 heavy (non-hydrogen) atoms. The lowest BCUT2D eigenvalue weighted by Gasteiger charge is -2.26. The molecule has 0 spiro atoms. The first-order valence-corrected chi connectivity index (χ1v) is 12.5. The summed E-state index contributed by atoms with van der Waals surface area (Å²) in [4.78, 5) is 36.6. The standard InChI is InChI=1S/C28H34N2O5/c1-3-14-28(2,26(32)33)30-25(31)16-18-12-13-19(15-18)29-27(34)35-17-24-22-10-6-4-8-20(22)21-9-5-7-11-23(21)24/h4-11,18-19,24H,3,12-17H2,1-2H3,(H,29,34)(H,30,31)(H,32,33)/t18-,19+,28?/m1/s1. The van der Waals surface area contributed by atoms with Gasteiger partial charge >= 0.3 is 12.1 Å². The van der Waals surface area contributed by atoms with Crippen LogP contribution in [0.2, 0.25) is 0 Å². The Hall–Kier alpha value is -3.35. The summed E-state index contributed by atoms with van der Waals surface area (Å²) in [5.74, 6) is -1.16. The number of fused-ring (bicyclic) bond motifs is 3. The summed E-state index contributed by atoms with van der Waals surface area (Å²) >= 11 is 0. The molecule has 2 aromatic carbocycles. The molecule has 1 unspecified atom stereocenters. The molecule has 7 heteroatoms. The van der Waals surface area contributed by atoms with E-state index in [1.54, 1.807) is 6.92 Å². The van der Waals surface area contributed by atoms with Gasteiger partial charge in [0.05, 0.1) is 0 Å². The van der Waals surface area contributed by atoms with Gasteiger partial charge in [0.15, 0.2) is 0 Å². The van der Waals surface area contributed by atoms with Crippen molar-refractivity contribution in [3.05, 3.63) is 59.7 Å². The Kier molecular flexibility index (Phi) is 7.43. The van der Waals surface area contributed by atoms with Gasteiger partial charge in [-0.05, 0) is 60.8 Å². The van der Waals surface area contributed by atoms with Crippen molar-refractivity contribution in [1.82, 2.24) is 10.6 Å². The number of hydrogen-bond acceptors (Lipinski definition) is 4. The lowest BCUT2D eigenvalue weighted by molar-refractivity contribution is -0.147. The van der Waals surface area contributed by atoms with Gasteiger partial charge in [-0.2, -0.15) is 0 Å². The van der Waals surface area contributed by atoms with Crippen molar-refractivity contribution in [2.45, 2.75) is 69.9 Å². The van der Waals surface area contributed by atoms with Crippen LogP contribution in [-0.2, 0) is 14.3 Å². The normalized spacial score (nSPS) is 20.4. The minimum Gasteiger partial charge on any atom is -0.480 e. The molecular weight excluding hydrogens is 444 g/mol. The van der Waals surface area contributed by atoms with Crippen LogP contribution in [0.4, 0.5) is 4.79 Å². The van der Waals surface area contributed by atoms with Crippen LogP contribution in [0, 0.1) is 5.92 Å². The Morgan fingerprint density at radius 2 is 1.66 bits per heavy atom. The van der Waals surface area contributed by atoms with Crippen molar-refractivity contribution in [1.29, 1.82) is 0 Å². The van der Waals surface area contributed by atoms with E-state index in [-0.39, 0.29) is 36.8 Å². The summed E-state index contributed by atoms with van der Waals surface area (Å²) in [7, 11) is 0. The summed E-state index contributed by atoms with van der Waals surface area (Å²) in [6.45, 7) is 3.71. The first kappa shape index (κ1) is 24.8. The average Bonchev–Trinajstić information content (AvgIpc) is 3.39. The molecule has 2 aromatic rings. The largest absolute Gasteiger partial charge is 0.480 e. The number of hydrogen-bond donors (Lipinski definition) is 3. The molecule has 0 bridgehead atoms. The predicted octanol–water partition coefficient (Wildman–Crippen LogP) is 4.84. The fourth-order valence-corrected chi connectivity index (χ4v) is 5.54. The third-order valence-electron chi connectivity index (χ3n) is 7.32. The molecule has 0 heterocycles. The fourth-order valence-electron chi connectivity index (χ4n) is 5.54. The van der Waals surface area contributed by atoms with Gasteiger partial charge in [-0.15, -0.1) is 0 Å². The van der Waals surface area contributed by atoms with Crippen LogP contribution in [0.5, 0.6) is 0 Å². The molecule has 1 fully saturated rings. The summed E-state index contributed by atoms with van der Waals surface area (Å²) in [5.41, 5.74) is 3.47. The molecule has 0 aliphatic heterocycles. The second-order valence-electron chi connectivity index (χ2n) is 9.99. The van der Waals surface area contributed by atoms with Crippen molar-refractivity contribution in [3.8, 4) is 11.1 Å². The zero-order valence-corrected chi connectivity index (χ0v) is 20.4. The second kappa shape index (κ2) is 10.5. The highest BCUT2D eigenvalue weighted by Gasteiger charge is 2.36. The molecular formula is C28H34N2O5. The molecule has 7 nitrogen and oxygen atoms in total. The van der Waals surface area contributed by atoms with Crippen LogP contribution in [0.1, 0.15) is 69.4 Å². The maximum atomic E-state index is 12.6. The van der Waals surface area contributed by atoms with Gasteiger partial charge < -0.3 is 20.5 Å². The number of carbonyl (C=O) groups excluding carboxylic acids is 2. The molecule has 2 amide bonds. The first-order valence-electron chi connectivity index (χ1n) is 12.5. The van der Waals surface area contributed by atoms with Crippen molar-refractivity contribution in [3.63, 3.8) is 0 Å². The number of amides is 2. The third kappa shape index (κ3) is 5.50. The minimum atomic E-state index is -1.25. The molecule has 2 aliphatic carbocycles. The SMILES string of the molecule is CCCC(C)(NC(=O)C[C@@H]1CC[C@H](NC(=O)OCC2c3ccccc3-c3ccccc32)C1)C(=O)O. The smallest absolute Gasteiger partial charge is 0.407 e. The van der Waals surface area contributed by atoms with Crippen LogP contribution in [0.3, 0.4) is 0 Å². The lowest BCUT2D eigenvalue weighted by atomic mass is 9.95. The number of ether oxygens (including phenoxy) is 1. The van der Waals surface area contributed by atoms with Crippen molar-refractivity contribution < 1.29 is 24.2 Å². The van der Waals surface area contributed by atoms with Gasteiger partial charge in [0.25, 0.3) is 0 Å². The van der Waals surface area contributed by atoms with Crippen LogP contribution in [-0.4, -0.2) is 41.3 Å². The van der Waals surface area contributed by atoms with E-state index < -0.39 is 17.6 Å². The highest BCUT2D eigenvalue weighted by atomic mass is 16.5. The van der Waals surface area contributed by atoms with E-state index in [1.807, 2.05) is 31.2 Å². The van der Waals surface area contributed by atoms with Crippen LogP contribution in [0.15, 0.2) is 48.5 Å². The zero-order valence-electron chi connectivity index (χ0n) is 20.4. The van der Waals surface area contributed by atoms with E-state index in [9.17, 15) is 19.5 Å².